The molecule has 0 radical (unpaired) electrons. The minimum Gasteiger partial charge on any atom is -0.493 e. The van der Waals surface area contributed by atoms with Crippen LogP contribution < -0.4 is 24.4 Å². The van der Waals surface area contributed by atoms with Crippen LogP contribution in [0.25, 0.3) is 6.08 Å². The predicted octanol–water partition coefficient (Wildman–Crippen LogP) is 3.90. The highest BCUT2D eigenvalue weighted by Crippen LogP contribution is 2.36. The zero-order valence-electron chi connectivity index (χ0n) is 21.3. The largest absolute Gasteiger partial charge is 0.493 e. The van der Waals surface area contributed by atoms with Gasteiger partial charge in [0.25, 0.3) is 5.56 Å². The van der Waals surface area contributed by atoms with Crippen molar-refractivity contribution in [2.24, 2.45) is 4.99 Å². The molecule has 8 heteroatoms. The van der Waals surface area contributed by atoms with Crippen LogP contribution in [0.3, 0.4) is 0 Å². The van der Waals surface area contributed by atoms with E-state index in [1.54, 1.807) is 37.7 Å². The number of fused-ring (bicyclic) bond motifs is 1. The molecule has 0 amide bonds. The first-order chi connectivity index (χ1) is 17.2. The number of benzene rings is 2. The summed E-state index contributed by atoms with van der Waals surface area (Å²) in [7, 11) is 1.56. The van der Waals surface area contributed by atoms with Gasteiger partial charge in [0.1, 0.15) is 0 Å². The lowest BCUT2D eigenvalue weighted by molar-refractivity contribution is -0.139. The summed E-state index contributed by atoms with van der Waals surface area (Å²) in [5.41, 5.74) is 3.37. The maximum Gasteiger partial charge on any atom is 0.338 e. The third-order valence-electron chi connectivity index (χ3n) is 5.76. The molecule has 0 spiro atoms. The van der Waals surface area contributed by atoms with Gasteiger partial charge in [-0.25, -0.2) is 9.79 Å². The second-order valence-electron chi connectivity index (χ2n) is 8.79. The number of hydrogen-bond donors (Lipinski definition) is 0. The number of hydrogen-bond acceptors (Lipinski definition) is 7. The minimum absolute atomic E-state index is 0.0403. The molecule has 1 atom stereocenters. The van der Waals surface area contributed by atoms with E-state index in [1.165, 1.54) is 11.3 Å². The molecule has 0 bridgehead atoms. The lowest BCUT2D eigenvalue weighted by Crippen LogP contribution is -2.40. The number of carbonyl (C=O) groups is 1. The number of ether oxygens (including phenoxy) is 3. The molecule has 0 unspecified atom stereocenters. The van der Waals surface area contributed by atoms with Gasteiger partial charge in [0, 0.05) is 0 Å². The number of aromatic nitrogens is 1. The molecule has 188 valence electrons. The standard InChI is InChI=1S/C28H30N2O5S/c1-7-34-27(32)24-18(5)29-28-30(26(31)23(36-28)14-19-10-8-17(4)9-11-19)25(24)20-12-13-21(35-16(2)3)22(15-20)33-6/h8-16,25H,7H2,1-6H3/b23-14-/t25-/m1/s1. The van der Waals surface area contributed by atoms with E-state index in [-0.39, 0.29) is 18.3 Å². The van der Waals surface area contributed by atoms with Crippen LogP contribution in [0.4, 0.5) is 0 Å². The van der Waals surface area contributed by atoms with Crippen LogP contribution in [-0.4, -0.2) is 30.4 Å². The molecule has 0 fully saturated rings. The summed E-state index contributed by atoms with van der Waals surface area (Å²) < 4.78 is 18.9. The van der Waals surface area contributed by atoms with E-state index in [4.69, 9.17) is 14.2 Å². The molecular weight excluding hydrogens is 476 g/mol. The number of aryl methyl sites for hydroxylation is 1. The van der Waals surface area contributed by atoms with Gasteiger partial charge in [-0.15, -0.1) is 0 Å². The number of rotatable bonds is 7. The smallest absolute Gasteiger partial charge is 0.338 e. The van der Waals surface area contributed by atoms with Crippen molar-refractivity contribution in [1.82, 2.24) is 4.57 Å². The Kier molecular flexibility index (Phi) is 7.45. The fraction of sp³-hybridized carbons (Fsp3) is 0.321. The summed E-state index contributed by atoms with van der Waals surface area (Å²) in [6.45, 7) is 9.62. The Morgan fingerprint density at radius 1 is 1.14 bits per heavy atom. The van der Waals surface area contributed by atoms with Crippen molar-refractivity contribution in [2.45, 2.75) is 46.8 Å². The lowest BCUT2D eigenvalue weighted by atomic mass is 9.95. The Balaban J connectivity index is 1.94. The molecular formula is C28H30N2O5S. The lowest BCUT2D eigenvalue weighted by Gasteiger charge is -2.25. The summed E-state index contributed by atoms with van der Waals surface area (Å²) in [4.78, 5) is 32.0. The fourth-order valence-electron chi connectivity index (χ4n) is 4.13. The van der Waals surface area contributed by atoms with E-state index in [1.807, 2.05) is 57.2 Å². The number of esters is 1. The number of methoxy groups -OCH3 is 1. The van der Waals surface area contributed by atoms with Crippen LogP contribution in [0.2, 0.25) is 0 Å². The Bertz CT molecular complexity index is 1500. The van der Waals surface area contributed by atoms with Crippen molar-refractivity contribution in [3.8, 4) is 11.5 Å². The van der Waals surface area contributed by atoms with Gasteiger partial charge in [-0.2, -0.15) is 0 Å². The summed E-state index contributed by atoms with van der Waals surface area (Å²) in [5, 5.41) is 0. The minimum atomic E-state index is -0.720. The maximum atomic E-state index is 13.7. The van der Waals surface area contributed by atoms with Gasteiger partial charge < -0.3 is 14.2 Å². The van der Waals surface area contributed by atoms with E-state index >= 15 is 0 Å². The van der Waals surface area contributed by atoms with E-state index in [2.05, 4.69) is 4.99 Å². The van der Waals surface area contributed by atoms with Crippen LogP contribution in [0.5, 0.6) is 11.5 Å². The molecule has 1 aromatic heterocycles. The molecule has 0 saturated carbocycles. The number of nitrogens with zero attached hydrogens (tertiary/aromatic N) is 2. The van der Waals surface area contributed by atoms with Crippen LogP contribution in [0.1, 0.15) is 50.4 Å². The Hall–Kier alpha value is -3.65. The van der Waals surface area contributed by atoms with Crippen molar-refractivity contribution in [3.05, 3.63) is 90.1 Å². The van der Waals surface area contributed by atoms with Gasteiger partial charge in [-0.05, 0) is 64.0 Å². The molecule has 4 rings (SSSR count). The van der Waals surface area contributed by atoms with Crippen molar-refractivity contribution < 1.29 is 19.0 Å². The van der Waals surface area contributed by atoms with Crippen LogP contribution in [-0.2, 0) is 9.53 Å². The summed E-state index contributed by atoms with van der Waals surface area (Å²) >= 11 is 1.30. The monoisotopic (exact) mass is 506 g/mol. The van der Waals surface area contributed by atoms with Gasteiger partial charge in [0.15, 0.2) is 16.3 Å². The quantitative estimate of drug-likeness (QED) is 0.454. The Morgan fingerprint density at radius 2 is 1.86 bits per heavy atom. The van der Waals surface area contributed by atoms with Gasteiger partial charge in [-0.1, -0.05) is 47.2 Å². The second kappa shape index (κ2) is 10.5. The zero-order valence-corrected chi connectivity index (χ0v) is 22.1. The highest BCUT2D eigenvalue weighted by Gasteiger charge is 2.34. The fourth-order valence-corrected chi connectivity index (χ4v) is 5.17. The zero-order chi connectivity index (χ0) is 26.0. The summed E-state index contributed by atoms with van der Waals surface area (Å²) in [6.07, 6.45) is 1.81. The third kappa shape index (κ3) is 4.99. The molecule has 0 N–H and O–H groups in total. The van der Waals surface area contributed by atoms with Gasteiger partial charge in [0.2, 0.25) is 0 Å². The molecule has 0 saturated heterocycles. The van der Waals surface area contributed by atoms with Crippen LogP contribution in [0, 0.1) is 6.92 Å². The predicted molar refractivity (Wildman–Crippen MR) is 140 cm³/mol. The molecule has 0 aliphatic carbocycles. The first-order valence-electron chi connectivity index (χ1n) is 11.8. The highest BCUT2D eigenvalue weighted by molar-refractivity contribution is 7.07. The van der Waals surface area contributed by atoms with E-state index in [0.717, 1.165) is 11.1 Å². The molecule has 7 nitrogen and oxygen atoms in total. The highest BCUT2D eigenvalue weighted by atomic mass is 32.1. The van der Waals surface area contributed by atoms with Crippen LogP contribution in [0.15, 0.2) is 63.5 Å². The van der Waals surface area contributed by atoms with Gasteiger partial charge in [0.05, 0.1) is 41.7 Å². The molecule has 2 heterocycles. The molecule has 36 heavy (non-hydrogen) atoms. The Morgan fingerprint density at radius 3 is 2.50 bits per heavy atom. The number of carbonyl (C=O) groups excluding carboxylic acids is 1. The molecule has 2 aromatic carbocycles. The first-order valence-corrected chi connectivity index (χ1v) is 12.7. The average Bonchev–Trinajstić information content (AvgIpc) is 3.14. The molecule has 3 aromatic rings. The van der Waals surface area contributed by atoms with E-state index in [0.29, 0.717) is 37.7 Å². The SMILES string of the molecule is CCOC(=O)C1=C(C)N=c2s/c(=C\c3ccc(C)cc3)c(=O)n2[C@@H]1c1ccc(OC(C)C)c(OC)c1. The topological polar surface area (TPSA) is 79.1 Å². The Labute approximate surface area is 214 Å². The van der Waals surface area contributed by atoms with Crippen molar-refractivity contribution in [1.29, 1.82) is 0 Å². The maximum absolute atomic E-state index is 13.7. The van der Waals surface area contributed by atoms with Gasteiger partial charge >= 0.3 is 5.97 Å². The number of thiazole rings is 1. The first kappa shape index (κ1) is 25.4. The van der Waals surface area contributed by atoms with Crippen molar-refractivity contribution in [2.75, 3.05) is 13.7 Å². The van der Waals surface area contributed by atoms with Crippen molar-refractivity contribution >= 4 is 23.4 Å². The van der Waals surface area contributed by atoms with Crippen molar-refractivity contribution in [3.63, 3.8) is 0 Å². The average molecular weight is 507 g/mol. The molecule has 1 aliphatic heterocycles. The van der Waals surface area contributed by atoms with Gasteiger partial charge in [-0.3, -0.25) is 9.36 Å². The summed E-state index contributed by atoms with van der Waals surface area (Å²) in [5.74, 6) is 0.597. The summed E-state index contributed by atoms with van der Waals surface area (Å²) in [6, 6.07) is 12.7. The van der Waals surface area contributed by atoms with Crippen LogP contribution >= 0.6 is 11.3 Å². The number of allylic oxidation sites excluding steroid dienone is 1. The normalized spacial score (nSPS) is 15.5. The third-order valence-corrected chi connectivity index (χ3v) is 6.74. The van der Waals surface area contributed by atoms with E-state index in [9.17, 15) is 9.59 Å². The molecule has 1 aliphatic rings. The van der Waals surface area contributed by atoms with E-state index < -0.39 is 12.0 Å². The second-order valence-corrected chi connectivity index (χ2v) is 9.80.